The van der Waals surface area contributed by atoms with Crippen LogP contribution in [-0.2, 0) is 28.6 Å². The van der Waals surface area contributed by atoms with Gasteiger partial charge in [0.15, 0.2) is 6.10 Å². The highest BCUT2D eigenvalue weighted by atomic mass is 16.6. The van der Waals surface area contributed by atoms with Crippen LogP contribution < -0.4 is 0 Å². The van der Waals surface area contributed by atoms with E-state index in [-0.39, 0.29) is 37.5 Å². The number of carbonyl (C=O) groups is 3. The van der Waals surface area contributed by atoms with Gasteiger partial charge in [-0.3, -0.25) is 14.4 Å². The first-order valence-electron chi connectivity index (χ1n) is 23.7. The number of hydrogen-bond donors (Lipinski definition) is 0. The molecular weight excluding hydrogens is 721 g/mol. The first kappa shape index (κ1) is 54.6. The standard InChI is InChI=1S/C52H86O6/c1-4-7-10-13-16-19-22-25-28-30-33-36-39-42-45-51(54)57-48-49(58-52(55)46-43-40-37-34-31-27-24-21-18-15-12-9-6-3)47-56-50(53)44-41-38-35-32-29-26-23-20-17-14-11-8-5-2/h7,9-10,12,15-16,18-19,21,24,27,31,34,37,49H,4-6,8,11,13-14,17,20,22-23,25-26,28-30,32-33,35-36,38-48H2,1-3H3/b10-7+,12-9+,18-15+,19-16+,24-21+,31-27+,37-34+. The first-order chi connectivity index (χ1) is 28.5. The van der Waals surface area contributed by atoms with E-state index in [0.717, 1.165) is 70.6 Å². The molecule has 0 fully saturated rings. The summed E-state index contributed by atoms with van der Waals surface area (Å²) in [5, 5.41) is 0. The first-order valence-corrected chi connectivity index (χ1v) is 23.7. The van der Waals surface area contributed by atoms with Crippen LogP contribution >= 0.6 is 0 Å². The highest BCUT2D eigenvalue weighted by Crippen LogP contribution is 2.14. The van der Waals surface area contributed by atoms with Crippen molar-refractivity contribution < 1.29 is 28.6 Å². The second-order valence-corrected chi connectivity index (χ2v) is 15.4. The van der Waals surface area contributed by atoms with Crippen LogP contribution in [0.15, 0.2) is 85.1 Å². The number of hydrogen-bond acceptors (Lipinski definition) is 6. The van der Waals surface area contributed by atoms with E-state index in [4.69, 9.17) is 14.2 Å². The van der Waals surface area contributed by atoms with Crippen LogP contribution in [0.2, 0.25) is 0 Å². The molecule has 0 aliphatic heterocycles. The lowest BCUT2D eigenvalue weighted by Crippen LogP contribution is -2.30. The Morgan fingerprint density at radius 3 is 1.28 bits per heavy atom. The van der Waals surface area contributed by atoms with Gasteiger partial charge in [0, 0.05) is 19.3 Å². The number of unbranched alkanes of at least 4 members (excludes halogenated alkanes) is 20. The fraction of sp³-hybridized carbons (Fsp3) is 0.673. The molecule has 0 heterocycles. The maximum atomic E-state index is 12.7. The smallest absolute Gasteiger partial charge is 0.306 e. The van der Waals surface area contributed by atoms with Crippen LogP contribution in [-0.4, -0.2) is 37.2 Å². The van der Waals surface area contributed by atoms with Crippen molar-refractivity contribution in [2.24, 2.45) is 0 Å². The van der Waals surface area contributed by atoms with Gasteiger partial charge in [-0.1, -0.05) is 215 Å². The lowest BCUT2D eigenvalue weighted by Gasteiger charge is -2.18. The van der Waals surface area contributed by atoms with Crippen molar-refractivity contribution in [1.82, 2.24) is 0 Å². The minimum absolute atomic E-state index is 0.107. The molecule has 0 amide bonds. The highest BCUT2D eigenvalue weighted by Gasteiger charge is 2.19. The van der Waals surface area contributed by atoms with Gasteiger partial charge in [0.2, 0.25) is 0 Å². The Hall–Kier alpha value is -3.41. The zero-order valence-corrected chi connectivity index (χ0v) is 37.5. The van der Waals surface area contributed by atoms with Crippen LogP contribution in [0, 0.1) is 0 Å². The number of allylic oxidation sites excluding steroid dienone is 14. The largest absolute Gasteiger partial charge is 0.462 e. The summed E-state index contributed by atoms with van der Waals surface area (Å²) in [4.78, 5) is 37.8. The van der Waals surface area contributed by atoms with Gasteiger partial charge in [-0.05, 0) is 57.8 Å². The molecule has 0 aromatic carbocycles. The molecule has 0 aromatic rings. The number of rotatable bonds is 41. The maximum absolute atomic E-state index is 12.7. The molecule has 0 aliphatic rings. The average molecular weight is 807 g/mol. The van der Waals surface area contributed by atoms with E-state index in [1.165, 1.54) is 89.9 Å². The van der Waals surface area contributed by atoms with Crippen molar-refractivity contribution in [3.05, 3.63) is 85.1 Å². The van der Waals surface area contributed by atoms with Crippen LogP contribution in [0.4, 0.5) is 0 Å². The molecule has 6 heteroatoms. The zero-order chi connectivity index (χ0) is 42.3. The van der Waals surface area contributed by atoms with Crippen LogP contribution in [0.3, 0.4) is 0 Å². The summed E-state index contributed by atoms with van der Waals surface area (Å²) >= 11 is 0. The Morgan fingerprint density at radius 2 is 0.776 bits per heavy atom. The van der Waals surface area contributed by atoms with Crippen molar-refractivity contribution in [3.63, 3.8) is 0 Å². The van der Waals surface area contributed by atoms with Crippen molar-refractivity contribution in [2.45, 2.75) is 213 Å². The van der Waals surface area contributed by atoms with E-state index in [1.54, 1.807) is 0 Å². The van der Waals surface area contributed by atoms with Gasteiger partial charge in [-0.15, -0.1) is 0 Å². The van der Waals surface area contributed by atoms with Gasteiger partial charge in [0.05, 0.1) is 0 Å². The van der Waals surface area contributed by atoms with Gasteiger partial charge < -0.3 is 14.2 Å². The molecule has 0 bridgehead atoms. The van der Waals surface area contributed by atoms with Crippen molar-refractivity contribution in [2.75, 3.05) is 13.2 Å². The molecule has 0 aromatic heterocycles. The summed E-state index contributed by atoms with van der Waals surface area (Å²) in [5.74, 6) is -0.994. The summed E-state index contributed by atoms with van der Waals surface area (Å²) in [5.41, 5.74) is 0. The normalized spacial score (nSPS) is 12.8. The average Bonchev–Trinajstić information content (AvgIpc) is 3.22. The Labute approximate surface area is 356 Å². The number of esters is 3. The molecule has 58 heavy (non-hydrogen) atoms. The fourth-order valence-corrected chi connectivity index (χ4v) is 6.27. The predicted molar refractivity (Wildman–Crippen MR) is 247 cm³/mol. The second-order valence-electron chi connectivity index (χ2n) is 15.4. The molecule has 1 atom stereocenters. The van der Waals surface area contributed by atoms with Crippen molar-refractivity contribution in [1.29, 1.82) is 0 Å². The molecule has 0 radical (unpaired) electrons. The van der Waals surface area contributed by atoms with Gasteiger partial charge in [-0.25, -0.2) is 0 Å². The molecule has 0 N–H and O–H groups in total. The van der Waals surface area contributed by atoms with Crippen molar-refractivity contribution >= 4 is 17.9 Å². The quantitative estimate of drug-likeness (QED) is 0.0201. The molecule has 6 nitrogen and oxygen atoms in total. The predicted octanol–water partition coefficient (Wildman–Crippen LogP) is 15.3. The minimum Gasteiger partial charge on any atom is -0.462 e. The highest BCUT2D eigenvalue weighted by molar-refractivity contribution is 5.71. The summed E-state index contributed by atoms with van der Waals surface area (Å²) < 4.78 is 16.7. The second kappa shape index (κ2) is 46.3. The maximum Gasteiger partial charge on any atom is 0.306 e. The molecular formula is C52H86O6. The molecule has 0 saturated carbocycles. The summed E-state index contributed by atoms with van der Waals surface area (Å²) in [6.07, 6.45) is 58.6. The Bertz CT molecular complexity index is 1160. The third-order valence-electron chi connectivity index (χ3n) is 9.77. The Balaban J connectivity index is 4.50. The molecule has 0 saturated heterocycles. The van der Waals surface area contributed by atoms with E-state index in [2.05, 4.69) is 51.2 Å². The van der Waals surface area contributed by atoms with E-state index < -0.39 is 6.10 Å². The summed E-state index contributed by atoms with van der Waals surface area (Å²) in [6.45, 7) is 6.30. The molecule has 0 rings (SSSR count). The Kier molecular flexibility index (Phi) is 43.6. The third-order valence-corrected chi connectivity index (χ3v) is 9.77. The molecule has 0 aliphatic carbocycles. The zero-order valence-electron chi connectivity index (χ0n) is 37.5. The van der Waals surface area contributed by atoms with E-state index >= 15 is 0 Å². The number of carbonyl (C=O) groups excluding carboxylic acids is 3. The van der Waals surface area contributed by atoms with Gasteiger partial charge in [0.25, 0.3) is 0 Å². The number of ether oxygens (including phenoxy) is 3. The molecule has 0 spiro atoms. The Morgan fingerprint density at radius 1 is 0.379 bits per heavy atom. The lowest BCUT2D eigenvalue weighted by atomic mass is 10.0. The van der Waals surface area contributed by atoms with Crippen LogP contribution in [0.5, 0.6) is 0 Å². The topological polar surface area (TPSA) is 78.9 Å². The van der Waals surface area contributed by atoms with Crippen molar-refractivity contribution in [3.8, 4) is 0 Å². The van der Waals surface area contributed by atoms with Gasteiger partial charge >= 0.3 is 17.9 Å². The molecule has 330 valence electrons. The monoisotopic (exact) mass is 807 g/mol. The van der Waals surface area contributed by atoms with Crippen LogP contribution in [0.25, 0.3) is 0 Å². The third kappa shape index (κ3) is 43.7. The molecule has 1 unspecified atom stereocenters. The summed E-state index contributed by atoms with van der Waals surface area (Å²) in [6, 6.07) is 0. The van der Waals surface area contributed by atoms with E-state index in [1.807, 2.05) is 54.7 Å². The van der Waals surface area contributed by atoms with Crippen LogP contribution in [0.1, 0.15) is 207 Å². The lowest BCUT2D eigenvalue weighted by molar-refractivity contribution is -0.167. The summed E-state index contributed by atoms with van der Waals surface area (Å²) in [7, 11) is 0. The fourth-order valence-electron chi connectivity index (χ4n) is 6.27. The minimum atomic E-state index is -0.813. The van der Waals surface area contributed by atoms with Gasteiger partial charge in [-0.2, -0.15) is 0 Å². The van der Waals surface area contributed by atoms with E-state index in [9.17, 15) is 14.4 Å². The van der Waals surface area contributed by atoms with E-state index in [0.29, 0.717) is 19.3 Å². The SMILES string of the molecule is CC/C=C/C=C/C=C/C=C/C=C/CCCC(=O)OC(COC(=O)CCCCCCCCC/C=C/C/C=C/CC)COC(=O)CCCCCCCCCCCCCCC. The van der Waals surface area contributed by atoms with Gasteiger partial charge in [0.1, 0.15) is 13.2 Å².